The van der Waals surface area contributed by atoms with E-state index in [1.807, 2.05) is 13.8 Å². The summed E-state index contributed by atoms with van der Waals surface area (Å²) in [4.78, 5) is 17.9. The predicted octanol–water partition coefficient (Wildman–Crippen LogP) is 3.09. The number of H-pyrrole nitrogens is 1. The van der Waals surface area contributed by atoms with Gasteiger partial charge in [-0.05, 0) is 31.5 Å². The van der Waals surface area contributed by atoms with Crippen LogP contribution in [-0.4, -0.2) is 54.3 Å². The number of aromatic nitrogens is 1. The minimum absolute atomic E-state index is 0.0712. The quantitative estimate of drug-likeness (QED) is 0.926. The van der Waals surface area contributed by atoms with Gasteiger partial charge in [-0.1, -0.05) is 12.1 Å². The van der Waals surface area contributed by atoms with Gasteiger partial charge >= 0.3 is 0 Å². The lowest BCUT2D eigenvalue weighted by molar-refractivity contribution is -0.143. The minimum Gasteiger partial charge on any atom is -0.382 e. The molecule has 0 radical (unpaired) electrons. The third kappa shape index (κ3) is 3.91. The Morgan fingerprint density at radius 2 is 2.08 bits per heavy atom. The zero-order chi connectivity index (χ0) is 18.0. The maximum Gasteiger partial charge on any atom is 0.256 e. The van der Waals surface area contributed by atoms with Gasteiger partial charge in [0.25, 0.3) is 5.91 Å². The number of carbonyl (C=O) groups is 1. The predicted molar refractivity (Wildman–Crippen MR) is 92.9 cm³/mol. The number of hydrogen-bond donors (Lipinski definition) is 1. The molecular formula is C19H23FN2O3. The van der Waals surface area contributed by atoms with E-state index in [4.69, 9.17) is 9.47 Å². The highest BCUT2D eigenvalue weighted by Crippen LogP contribution is 2.28. The third-order valence-electron chi connectivity index (χ3n) is 4.25. The molecule has 0 saturated carbocycles. The van der Waals surface area contributed by atoms with Gasteiger partial charge in [0.05, 0.1) is 23.9 Å². The molecule has 2 heterocycles. The van der Waals surface area contributed by atoms with Crippen LogP contribution in [0.3, 0.4) is 0 Å². The minimum atomic E-state index is -0.441. The highest BCUT2D eigenvalue weighted by atomic mass is 19.1. The number of carbonyl (C=O) groups excluding carboxylic acids is 1. The van der Waals surface area contributed by atoms with Gasteiger partial charge in [-0.15, -0.1) is 0 Å². The Labute approximate surface area is 146 Å². The number of hydrogen-bond acceptors (Lipinski definition) is 3. The molecule has 1 amide bonds. The van der Waals surface area contributed by atoms with Gasteiger partial charge in [0, 0.05) is 38.2 Å². The van der Waals surface area contributed by atoms with E-state index < -0.39 is 5.60 Å². The van der Waals surface area contributed by atoms with Crippen molar-refractivity contribution in [2.75, 3.05) is 26.8 Å². The van der Waals surface area contributed by atoms with Crippen molar-refractivity contribution in [3.63, 3.8) is 0 Å². The molecule has 134 valence electrons. The summed E-state index contributed by atoms with van der Waals surface area (Å²) < 4.78 is 24.3. The summed E-state index contributed by atoms with van der Waals surface area (Å²) >= 11 is 0. The molecule has 1 saturated heterocycles. The number of morpholine rings is 1. The van der Waals surface area contributed by atoms with E-state index in [9.17, 15) is 9.18 Å². The van der Waals surface area contributed by atoms with Gasteiger partial charge in [0.15, 0.2) is 0 Å². The van der Waals surface area contributed by atoms with E-state index in [1.165, 1.54) is 12.1 Å². The lowest BCUT2D eigenvalue weighted by Gasteiger charge is -2.42. The van der Waals surface area contributed by atoms with Crippen LogP contribution in [0.1, 0.15) is 24.2 Å². The molecule has 1 atom stereocenters. The Morgan fingerprint density at radius 3 is 2.76 bits per heavy atom. The van der Waals surface area contributed by atoms with Crippen LogP contribution in [0, 0.1) is 5.82 Å². The first-order valence-corrected chi connectivity index (χ1v) is 8.28. The summed E-state index contributed by atoms with van der Waals surface area (Å²) in [5.41, 5.74) is 1.69. The zero-order valence-electron chi connectivity index (χ0n) is 14.7. The standard InChI is InChI=1S/C19H23FN2O3/c1-19(2)12-22(10-15(25-19)11-24-3)18(23)17-9-21-8-16(17)13-4-6-14(20)7-5-13/h4-9,15,21H,10-12H2,1-3H3/t15-/m0/s1. The monoisotopic (exact) mass is 346 g/mol. The van der Waals surface area contributed by atoms with Crippen LogP contribution in [-0.2, 0) is 9.47 Å². The summed E-state index contributed by atoms with van der Waals surface area (Å²) in [6.45, 7) is 5.34. The second-order valence-corrected chi connectivity index (χ2v) is 6.93. The first kappa shape index (κ1) is 17.6. The average molecular weight is 346 g/mol. The van der Waals surface area contributed by atoms with Gasteiger partial charge in [0.2, 0.25) is 0 Å². The van der Waals surface area contributed by atoms with Crippen LogP contribution < -0.4 is 0 Å². The summed E-state index contributed by atoms with van der Waals surface area (Å²) in [5.74, 6) is -0.373. The lowest BCUT2D eigenvalue weighted by atomic mass is 10.0. The second kappa shape index (κ2) is 6.98. The van der Waals surface area contributed by atoms with Crippen LogP contribution in [0.25, 0.3) is 11.1 Å². The summed E-state index contributed by atoms with van der Waals surface area (Å²) in [5, 5.41) is 0. The number of amides is 1. The number of aromatic amines is 1. The average Bonchev–Trinajstić information content (AvgIpc) is 3.03. The molecule has 0 aliphatic carbocycles. The van der Waals surface area contributed by atoms with Crippen molar-refractivity contribution in [1.82, 2.24) is 9.88 Å². The fourth-order valence-corrected chi connectivity index (χ4v) is 3.30. The van der Waals surface area contributed by atoms with Crippen molar-refractivity contribution in [3.05, 3.63) is 48.0 Å². The molecule has 1 aliphatic rings. The Balaban J connectivity index is 1.86. The fourth-order valence-electron chi connectivity index (χ4n) is 3.30. The van der Waals surface area contributed by atoms with Crippen molar-refractivity contribution in [2.45, 2.75) is 25.6 Å². The lowest BCUT2D eigenvalue weighted by Crippen LogP contribution is -2.55. The molecule has 1 aliphatic heterocycles. The Kier molecular flexibility index (Phi) is 4.92. The number of rotatable bonds is 4. The van der Waals surface area contributed by atoms with E-state index in [-0.39, 0.29) is 17.8 Å². The molecule has 25 heavy (non-hydrogen) atoms. The summed E-state index contributed by atoms with van der Waals surface area (Å²) in [6, 6.07) is 6.13. The Bertz CT molecular complexity index is 739. The number of methoxy groups -OCH3 is 1. The molecule has 5 nitrogen and oxygen atoms in total. The number of nitrogens with one attached hydrogen (secondary N) is 1. The number of nitrogens with zero attached hydrogens (tertiary/aromatic N) is 1. The van der Waals surface area contributed by atoms with E-state index >= 15 is 0 Å². The van der Waals surface area contributed by atoms with Crippen LogP contribution >= 0.6 is 0 Å². The molecule has 0 spiro atoms. The summed E-state index contributed by atoms with van der Waals surface area (Å²) in [6.07, 6.45) is 3.29. The molecule has 0 bridgehead atoms. The number of halogens is 1. The SMILES string of the molecule is COC[C@@H]1CN(C(=O)c2c[nH]cc2-c2ccc(F)cc2)CC(C)(C)O1. The third-order valence-corrected chi connectivity index (χ3v) is 4.25. The Hall–Kier alpha value is -2.18. The summed E-state index contributed by atoms with van der Waals surface area (Å²) in [7, 11) is 1.62. The molecule has 1 N–H and O–H groups in total. The van der Waals surface area contributed by atoms with Crippen molar-refractivity contribution < 1.29 is 18.7 Å². The normalized spacial score (nSPS) is 19.8. The van der Waals surface area contributed by atoms with E-state index in [0.717, 1.165) is 11.1 Å². The molecule has 2 aromatic rings. The molecule has 1 fully saturated rings. The van der Waals surface area contributed by atoms with Gasteiger partial charge in [-0.25, -0.2) is 4.39 Å². The smallest absolute Gasteiger partial charge is 0.256 e. The largest absolute Gasteiger partial charge is 0.382 e. The maximum absolute atomic E-state index is 13.2. The van der Waals surface area contributed by atoms with Crippen LogP contribution in [0.4, 0.5) is 4.39 Å². The van der Waals surface area contributed by atoms with Gasteiger partial charge in [-0.3, -0.25) is 4.79 Å². The highest BCUT2D eigenvalue weighted by molar-refractivity contribution is 6.00. The van der Waals surface area contributed by atoms with Crippen LogP contribution in [0.5, 0.6) is 0 Å². The maximum atomic E-state index is 13.2. The first-order chi connectivity index (χ1) is 11.9. The second-order valence-electron chi connectivity index (χ2n) is 6.93. The topological polar surface area (TPSA) is 54.6 Å². The number of ether oxygens (including phenoxy) is 2. The zero-order valence-corrected chi connectivity index (χ0v) is 14.7. The van der Waals surface area contributed by atoms with Gasteiger partial charge in [0.1, 0.15) is 5.82 Å². The molecule has 1 aromatic carbocycles. The first-order valence-electron chi connectivity index (χ1n) is 8.28. The van der Waals surface area contributed by atoms with Crippen LogP contribution in [0.2, 0.25) is 0 Å². The number of benzene rings is 1. The van der Waals surface area contributed by atoms with Crippen molar-refractivity contribution >= 4 is 5.91 Å². The van der Waals surface area contributed by atoms with E-state index in [2.05, 4.69) is 4.98 Å². The van der Waals surface area contributed by atoms with Crippen molar-refractivity contribution in [3.8, 4) is 11.1 Å². The van der Waals surface area contributed by atoms with Crippen molar-refractivity contribution in [2.24, 2.45) is 0 Å². The van der Waals surface area contributed by atoms with E-state index in [1.54, 1.807) is 36.5 Å². The molecule has 1 aromatic heterocycles. The molecule has 6 heteroatoms. The van der Waals surface area contributed by atoms with Crippen LogP contribution in [0.15, 0.2) is 36.7 Å². The van der Waals surface area contributed by atoms with Gasteiger partial charge < -0.3 is 19.4 Å². The van der Waals surface area contributed by atoms with E-state index in [0.29, 0.717) is 25.3 Å². The molecule has 3 rings (SSSR count). The Morgan fingerprint density at radius 1 is 1.36 bits per heavy atom. The molecule has 0 unspecified atom stereocenters. The highest BCUT2D eigenvalue weighted by Gasteiger charge is 2.36. The van der Waals surface area contributed by atoms with Gasteiger partial charge in [-0.2, -0.15) is 0 Å². The van der Waals surface area contributed by atoms with Crippen molar-refractivity contribution in [1.29, 1.82) is 0 Å². The fraction of sp³-hybridized carbons (Fsp3) is 0.421. The molecular weight excluding hydrogens is 323 g/mol.